The van der Waals surface area contributed by atoms with Crippen molar-refractivity contribution in [3.63, 3.8) is 0 Å². The Morgan fingerprint density at radius 3 is 2.90 bits per heavy atom. The van der Waals surface area contributed by atoms with Crippen LogP contribution in [-0.2, 0) is 13.6 Å². The second-order valence-corrected chi connectivity index (χ2v) is 4.88. The van der Waals surface area contributed by atoms with E-state index in [9.17, 15) is 0 Å². The second kappa shape index (κ2) is 6.91. The lowest BCUT2D eigenvalue weighted by Gasteiger charge is -2.12. The first-order valence-corrected chi connectivity index (χ1v) is 6.60. The fraction of sp³-hybridized carbons (Fsp3) is 0.429. The van der Waals surface area contributed by atoms with Crippen molar-refractivity contribution in [1.82, 2.24) is 19.9 Å². The molecule has 0 aliphatic heterocycles. The third kappa shape index (κ3) is 4.24. The molecule has 0 aliphatic rings. The van der Waals surface area contributed by atoms with Crippen molar-refractivity contribution in [3.05, 3.63) is 36.2 Å². The van der Waals surface area contributed by atoms with Crippen LogP contribution >= 0.6 is 0 Å². The molecule has 20 heavy (non-hydrogen) atoms. The van der Waals surface area contributed by atoms with Crippen molar-refractivity contribution in [1.29, 1.82) is 0 Å². The summed E-state index contributed by atoms with van der Waals surface area (Å²) < 4.78 is 7.46. The van der Waals surface area contributed by atoms with Gasteiger partial charge in [0.05, 0.1) is 18.4 Å². The van der Waals surface area contributed by atoms with Gasteiger partial charge in [-0.05, 0) is 26.2 Å². The Kier molecular flexibility index (Phi) is 4.95. The molecular weight excluding hydrogens is 254 g/mol. The highest BCUT2D eigenvalue weighted by molar-refractivity contribution is 5.48. The molecule has 1 heterocycles. The SMILES string of the molecule is CN(C)CCOc1cccc(NCc2cnnn2C)c1. The standard InChI is InChI=1S/C14H21N5O/c1-18(2)7-8-20-14-6-4-5-12(9-14)15-10-13-11-16-17-19(13)3/h4-6,9,11,15H,7-8,10H2,1-3H3. The molecule has 108 valence electrons. The van der Waals surface area contributed by atoms with E-state index in [1.165, 1.54) is 0 Å². The quantitative estimate of drug-likeness (QED) is 0.827. The van der Waals surface area contributed by atoms with Crippen LogP contribution in [0.3, 0.4) is 0 Å². The topological polar surface area (TPSA) is 55.2 Å². The molecule has 2 aromatic rings. The van der Waals surface area contributed by atoms with E-state index in [0.717, 1.165) is 23.7 Å². The molecule has 6 nitrogen and oxygen atoms in total. The van der Waals surface area contributed by atoms with Crippen LogP contribution in [0.5, 0.6) is 5.75 Å². The summed E-state index contributed by atoms with van der Waals surface area (Å²) in [5.74, 6) is 0.875. The number of ether oxygens (including phenoxy) is 1. The summed E-state index contributed by atoms with van der Waals surface area (Å²) in [7, 11) is 5.94. The second-order valence-electron chi connectivity index (χ2n) is 4.88. The number of hydrogen-bond donors (Lipinski definition) is 1. The van der Waals surface area contributed by atoms with Gasteiger partial charge in [-0.1, -0.05) is 11.3 Å². The third-order valence-corrected chi connectivity index (χ3v) is 2.92. The molecule has 2 rings (SSSR count). The smallest absolute Gasteiger partial charge is 0.121 e. The predicted molar refractivity (Wildman–Crippen MR) is 78.8 cm³/mol. The van der Waals surface area contributed by atoms with Crippen LogP contribution in [0.2, 0.25) is 0 Å². The van der Waals surface area contributed by atoms with Crippen LogP contribution in [0, 0.1) is 0 Å². The maximum absolute atomic E-state index is 5.71. The summed E-state index contributed by atoms with van der Waals surface area (Å²) in [6, 6.07) is 7.96. The Bertz CT molecular complexity index is 538. The van der Waals surface area contributed by atoms with Crippen molar-refractivity contribution < 1.29 is 4.74 Å². The van der Waals surface area contributed by atoms with Crippen LogP contribution < -0.4 is 10.1 Å². The zero-order valence-electron chi connectivity index (χ0n) is 12.2. The van der Waals surface area contributed by atoms with Gasteiger partial charge in [-0.25, -0.2) is 0 Å². The molecule has 0 atom stereocenters. The van der Waals surface area contributed by atoms with E-state index in [0.29, 0.717) is 13.2 Å². The number of anilines is 1. The maximum atomic E-state index is 5.71. The summed E-state index contributed by atoms with van der Waals surface area (Å²) in [6.07, 6.45) is 1.75. The Labute approximate surface area is 119 Å². The van der Waals surface area contributed by atoms with E-state index in [2.05, 4.69) is 20.5 Å². The zero-order chi connectivity index (χ0) is 14.4. The molecule has 0 amide bonds. The summed E-state index contributed by atoms with van der Waals surface area (Å²) in [5.41, 5.74) is 2.05. The highest BCUT2D eigenvalue weighted by Crippen LogP contribution is 2.17. The molecule has 0 radical (unpaired) electrons. The summed E-state index contributed by atoms with van der Waals surface area (Å²) in [5, 5.41) is 11.1. The molecule has 1 N–H and O–H groups in total. The van der Waals surface area contributed by atoms with E-state index in [1.807, 2.05) is 45.4 Å². The molecule has 1 aromatic carbocycles. The number of nitrogens with zero attached hydrogens (tertiary/aromatic N) is 4. The Morgan fingerprint density at radius 2 is 2.20 bits per heavy atom. The van der Waals surface area contributed by atoms with Gasteiger partial charge < -0.3 is 15.0 Å². The average Bonchev–Trinajstić information content (AvgIpc) is 2.82. The monoisotopic (exact) mass is 275 g/mol. The van der Waals surface area contributed by atoms with Crippen molar-refractivity contribution in [3.8, 4) is 5.75 Å². The number of rotatable bonds is 7. The minimum Gasteiger partial charge on any atom is -0.492 e. The number of nitrogens with one attached hydrogen (secondary N) is 1. The maximum Gasteiger partial charge on any atom is 0.121 e. The Hall–Kier alpha value is -2.08. The van der Waals surface area contributed by atoms with E-state index < -0.39 is 0 Å². The predicted octanol–water partition coefficient (Wildman–Crippen LogP) is 1.37. The Balaban J connectivity index is 1.87. The van der Waals surface area contributed by atoms with E-state index in [1.54, 1.807) is 10.9 Å². The lowest BCUT2D eigenvalue weighted by Crippen LogP contribution is -2.19. The molecule has 0 saturated heterocycles. The normalized spacial score (nSPS) is 10.8. The van der Waals surface area contributed by atoms with Gasteiger partial charge in [0.2, 0.25) is 0 Å². The summed E-state index contributed by atoms with van der Waals surface area (Å²) in [4.78, 5) is 2.09. The van der Waals surface area contributed by atoms with E-state index in [-0.39, 0.29) is 0 Å². The number of aromatic nitrogens is 3. The first kappa shape index (κ1) is 14.3. The molecule has 0 saturated carbocycles. The summed E-state index contributed by atoms with van der Waals surface area (Å²) in [6.45, 7) is 2.27. The van der Waals surface area contributed by atoms with Crippen LogP contribution in [0.25, 0.3) is 0 Å². The first-order chi connectivity index (χ1) is 9.65. The van der Waals surface area contributed by atoms with Crippen molar-refractivity contribution in [2.75, 3.05) is 32.6 Å². The first-order valence-electron chi connectivity index (χ1n) is 6.60. The van der Waals surface area contributed by atoms with Crippen LogP contribution in [0.15, 0.2) is 30.5 Å². The molecule has 0 bridgehead atoms. The average molecular weight is 275 g/mol. The van der Waals surface area contributed by atoms with Gasteiger partial charge in [-0.2, -0.15) is 0 Å². The molecule has 1 aromatic heterocycles. The fourth-order valence-corrected chi connectivity index (χ4v) is 1.71. The molecular formula is C14H21N5O. The van der Waals surface area contributed by atoms with E-state index >= 15 is 0 Å². The van der Waals surface area contributed by atoms with Crippen LogP contribution in [0.1, 0.15) is 5.69 Å². The molecule has 0 aliphatic carbocycles. The number of likely N-dealkylation sites (N-methyl/N-ethyl adjacent to an activating group) is 1. The molecule has 0 spiro atoms. The number of hydrogen-bond acceptors (Lipinski definition) is 5. The van der Waals surface area contributed by atoms with Crippen molar-refractivity contribution in [2.24, 2.45) is 7.05 Å². The highest BCUT2D eigenvalue weighted by atomic mass is 16.5. The summed E-state index contributed by atoms with van der Waals surface area (Å²) >= 11 is 0. The minimum absolute atomic E-state index is 0.683. The van der Waals surface area contributed by atoms with Crippen molar-refractivity contribution >= 4 is 5.69 Å². The van der Waals surface area contributed by atoms with Gasteiger partial charge in [-0.3, -0.25) is 4.68 Å². The largest absolute Gasteiger partial charge is 0.492 e. The Morgan fingerprint density at radius 1 is 1.35 bits per heavy atom. The van der Waals surface area contributed by atoms with Gasteiger partial charge >= 0.3 is 0 Å². The lowest BCUT2D eigenvalue weighted by atomic mass is 10.3. The molecule has 6 heteroatoms. The third-order valence-electron chi connectivity index (χ3n) is 2.92. The van der Waals surface area contributed by atoms with Gasteiger partial charge in [0.25, 0.3) is 0 Å². The van der Waals surface area contributed by atoms with Crippen molar-refractivity contribution in [2.45, 2.75) is 6.54 Å². The van der Waals surface area contributed by atoms with Crippen LogP contribution in [0.4, 0.5) is 5.69 Å². The van der Waals surface area contributed by atoms with Crippen LogP contribution in [-0.4, -0.2) is 47.1 Å². The lowest BCUT2D eigenvalue weighted by molar-refractivity contribution is 0.261. The van der Waals surface area contributed by atoms with Gasteiger partial charge in [0.1, 0.15) is 12.4 Å². The number of benzene rings is 1. The minimum atomic E-state index is 0.683. The zero-order valence-corrected chi connectivity index (χ0v) is 12.2. The molecule has 0 unspecified atom stereocenters. The number of aryl methyl sites for hydroxylation is 1. The fourth-order valence-electron chi connectivity index (χ4n) is 1.71. The van der Waals surface area contributed by atoms with Gasteiger partial charge in [-0.15, -0.1) is 5.10 Å². The van der Waals surface area contributed by atoms with Gasteiger partial charge in [0.15, 0.2) is 0 Å². The van der Waals surface area contributed by atoms with E-state index in [4.69, 9.17) is 4.74 Å². The highest BCUT2D eigenvalue weighted by Gasteiger charge is 2.01. The van der Waals surface area contributed by atoms with Gasteiger partial charge in [0, 0.05) is 25.3 Å². The molecule has 0 fully saturated rings.